The fourth-order valence-corrected chi connectivity index (χ4v) is 0.818. The van der Waals surface area contributed by atoms with Gasteiger partial charge in [0.1, 0.15) is 0 Å². The topological polar surface area (TPSA) is 26.3 Å². The van der Waals surface area contributed by atoms with E-state index in [1.54, 1.807) is 19.9 Å². The molecule has 1 radical (unpaired) electrons. The first-order chi connectivity index (χ1) is 7.61. The highest BCUT2D eigenvalue weighted by Gasteiger charge is 1.98. The van der Waals surface area contributed by atoms with Gasteiger partial charge in [-0.25, -0.2) is 4.79 Å². The summed E-state index contributed by atoms with van der Waals surface area (Å²) >= 11 is 0. The molecule has 0 atom stereocenters. The van der Waals surface area contributed by atoms with Crippen LogP contribution in [0.5, 0.6) is 0 Å². The lowest BCUT2D eigenvalue weighted by Crippen LogP contribution is -2.03. The Morgan fingerprint density at radius 1 is 1.44 bits per heavy atom. The van der Waals surface area contributed by atoms with Crippen LogP contribution in [0.3, 0.4) is 0 Å². The van der Waals surface area contributed by atoms with Gasteiger partial charge >= 0.3 is 5.97 Å². The summed E-state index contributed by atoms with van der Waals surface area (Å²) in [7, 11) is 0. The van der Waals surface area contributed by atoms with E-state index in [1.807, 2.05) is 30.3 Å². The van der Waals surface area contributed by atoms with Crippen molar-refractivity contribution in [2.24, 2.45) is 0 Å². The van der Waals surface area contributed by atoms with Crippen molar-refractivity contribution < 1.29 is 9.53 Å². The number of esters is 1. The molecule has 2 heteroatoms. The fourth-order valence-electron chi connectivity index (χ4n) is 0.818. The third-order valence-electron chi connectivity index (χ3n) is 1.62. The molecule has 0 amide bonds. The average molecular weight is 217 g/mol. The van der Waals surface area contributed by atoms with E-state index in [1.165, 1.54) is 0 Å². The van der Waals surface area contributed by atoms with Crippen LogP contribution in [0.25, 0.3) is 6.08 Å². The maximum Gasteiger partial charge on any atom is 0.333 e. The Morgan fingerprint density at radius 2 is 2.00 bits per heavy atom. The molecule has 0 spiro atoms. The molecular formula is C14H17O2. The summed E-state index contributed by atoms with van der Waals surface area (Å²) < 4.78 is 4.56. The second-order valence-corrected chi connectivity index (χ2v) is 3.08. The van der Waals surface area contributed by atoms with Gasteiger partial charge in [-0.1, -0.05) is 49.6 Å². The predicted octanol–water partition coefficient (Wildman–Crippen LogP) is 3.26. The van der Waals surface area contributed by atoms with Gasteiger partial charge in [-0.15, -0.1) is 0 Å². The Labute approximate surface area is 97.3 Å². The average Bonchev–Trinajstić information content (AvgIpc) is 2.31. The highest BCUT2D eigenvalue weighted by molar-refractivity contribution is 5.86. The molecule has 0 aliphatic rings. The summed E-state index contributed by atoms with van der Waals surface area (Å²) in [6.07, 6.45) is 1.58. The van der Waals surface area contributed by atoms with Crippen molar-refractivity contribution >= 4 is 12.0 Å². The molecule has 0 N–H and O–H groups in total. The monoisotopic (exact) mass is 217 g/mol. The zero-order chi connectivity index (χ0) is 12.4. The lowest BCUT2D eigenvalue weighted by atomic mass is 10.2. The van der Waals surface area contributed by atoms with Crippen LogP contribution >= 0.6 is 0 Å². The fraction of sp³-hybridized carbons (Fsp3) is 0.214. The van der Waals surface area contributed by atoms with Gasteiger partial charge in [0.2, 0.25) is 0 Å². The minimum atomic E-state index is -0.312. The van der Waals surface area contributed by atoms with E-state index in [0.29, 0.717) is 12.2 Å². The second kappa shape index (κ2) is 8.48. The molecule has 0 unspecified atom stereocenters. The zero-order valence-electron chi connectivity index (χ0n) is 9.77. The van der Waals surface area contributed by atoms with Crippen molar-refractivity contribution in [3.05, 3.63) is 54.6 Å². The third-order valence-corrected chi connectivity index (χ3v) is 1.62. The van der Waals surface area contributed by atoms with Crippen LogP contribution < -0.4 is 0 Å². The van der Waals surface area contributed by atoms with Crippen LogP contribution in [-0.4, -0.2) is 12.6 Å². The normalized spacial score (nSPS) is 8.38. The van der Waals surface area contributed by atoms with Gasteiger partial charge in [-0.3, -0.25) is 0 Å². The Kier molecular flexibility index (Phi) is 7.51. The molecule has 16 heavy (non-hydrogen) atoms. The van der Waals surface area contributed by atoms with E-state index < -0.39 is 0 Å². The number of rotatable bonds is 3. The molecule has 1 rings (SSSR count). The Morgan fingerprint density at radius 3 is 2.25 bits per heavy atom. The summed E-state index contributed by atoms with van der Waals surface area (Å²) in [5.74, 6) is -0.312. The lowest BCUT2D eigenvalue weighted by Gasteiger charge is -1.96. The van der Waals surface area contributed by atoms with Crippen molar-refractivity contribution in [1.29, 1.82) is 0 Å². The number of hydrogen-bond acceptors (Lipinski definition) is 2. The molecule has 1 aromatic rings. The van der Waals surface area contributed by atoms with Gasteiger partial charge in [-0.05, 0) is 19.4 Å². The Hall–Kier alpha value is -1.83. The summed E-state index contributed by atoms with van der Waals surface area (Å²) in [5, 5.41) is 0. The van der Waals surface area contributed by atoms with Crippen LogP contribution in [0.15, 0.2) is 42.5 Å². The van der Waals surface area contributed by atoms with Gasteiger partial charge in [0, 0.05) is 5.57 Å². The Bertz CT molecular complexity index is 339. The summed E-state index contributed by atoms with van der Waals surface area (Å²) in [4.78, 5) is 10.4. The highest BCUT2D eigenvalue weighted by Crippen LogP contribution is 1.97. The number of carbonyl (C=O) groups is 1. The zero-order valence-corrected chi connectivity index (χ0v) is 9.77. The minimum Gasteiger partial charge on any atom is -0.463 e. The molecule has 0 bridgehead atoms. The van der Waals surface area contributed by atoms with E-state index in [9.17, 15) is 4.79 Å². The van der Waals surface area contributed by atoms with E-state index in [0.717, 1.165) is 5.56 Å². The SMILES string of the molecule is C=C(C)C(=O)OCC.[CH]=Cc1ccccc1. The number of hydrogen-bond donors (Lipinski definition) is 0. The van der Waals surface area contributed by atoms with Crippen LogP contribution in [0.1, 0.15) is 19.4 Å². The van der Waals surface area contributed by atoms with E-state index in [2.05, 4.69) is 11.3 Å². The number of ether oxygens (including phenoxy) is 1. The second-order valence-electron chi connectivity index (χ2n) is 3.08. The first-order valence-corrected chi connectivity index (χ1v) is 5.04. The minimum absolute atomic E-state index is 0.312. The molecule has 0 saturated heterocycles. The highest BCUT2D eigenvalue weighted by atomic mass is 16.5. The number of benzene rings is 1. The van der Waals surface area contributed by atoms with Gasteiger partial charge in [0.15, 0.2) is 0 Å². The van der Waals surface area contributed by atoms with Gasteiger partial charge < -0.3 is 4.74 Å². The van der Waals surface area contributed by atoms with E-state index >= 15 is 0 Å². The summed E-state index contributed by atoms with van der Waals surface area (Å²) in [5.41, 5.74) is 1.51. The molecule has 85 valence electrons. The lowest BCUT2D eigenvalue weighted by molar-refractivity contribution is -0.138. The van der Waals surface area contributed by atoms with Crippen molar-refractivity contribution in [2.45, 2.75) is 13.8 Å². The summed E-state index contributed by atoms with van der Waals surface area (Å²) in [6, 6.07) is 9.80. The van der Waals surface area contributed by atoms with Crippen LogP contribution in [-0.2, 0) is 9.53 Å². The van der Waals surface area contributed by atoms with Gasteiger partial charge in [0.05, 0.1) is 6.61 Å². The van der Waals surface area contributed by atoms with Crippen LogP contribution in [0.2, 0.25) is 0 Å². The smallest absolute Gasteiger partial charge is 0.333 e. The first kappa shape index (κ1) is 14.2. The first-order valence-electron chi connectivity index (χ1n) is 5.04. The molecule has 0 saturated carbocycles. The molecule has 0 aromatic heterocycles. The van der Waals surface area contributed by atoms with Crippen molar-refractivity contribution in [3.63, 3.8) is 0 Å². The van der Waals surface area contributed by atoms with E-state index in [4.69, 9.17) is 6.58 Å². The molecular weight excluding hydrogens is 200 g/mol. The standard InChI is InChI=1S/C8H7.C6H10O2/c1-2-8-6-4-3-5-7-8;1-4-8-6(7)5(2)3/h1-7H;2,4H2,1,3H3. The van der Waals surface area contributed by atoms with Crippen LogP contribution in [0.4, 0.5) is 0 Å². The maximum absolute atomic E-state index is 10.4. The number of carbonyl (C=O) groups excluding carboxylic acids is 1. The molecule has 1 aromatic carbocycles. The van der Waals surface area contributed by atoms with Crippen molar-refractivity contribution in [2.75, 3.05) is 6.61 Å². The Balaban J connectivity index is 0.000000281. The quantitative estimate of drug-likeness (QED) is 0.574. The van der Waals surface area contributed by atoms with Gasteiger partial charge in [-0.2, -0.15) is 0 Å². The largest absolute Gasteiger partial charge is 0.463 e. The third kappa shape index (κ3) is 6.60. The van der Waals surface area contributed by atoms with Crippen LogP contribution in [0, 0.1) is 6.58 Å². The molecule has 0 aliphatic carbocycles. The van der Waals surface area contributed by atoms with Gasteiger partial charge in [0.25, 0.3) is 0 Å². The molecule has 0 aliphatic heterocycles. The van der Waals surface area contributed by atoms with Crippen molar-refractivity contribution in [1.82, 2.24) is 0 Å². The summed E-state index contributed by atoms with van der Waals surface area (Å²) in [6.45, 7) is 12.4. The molecule has 0 heterocycles. The maximum atomic E-state index is 10.4. The molecule has 0 fully saturated rings. The van der Waals surface area contributed by atoms with E-state index in [-0.39, 0.29) is 5.97 Å². The van der Waals surface area contributed by atoms with Crippen molar-refractivity contribution in [3.8, 4) is 0 Å². The predicted molar refractivity (Wildman–Crippen MR) is 66.7 cm³/mol. The molecule has 2 nitrogen and oxygen atoms in total.